The number of carbonyl (C=O) groups excluding carboxylic acids is 2. The van der Waals surface area contributed by atoms with Crippen molar-refractivity contribution in [3.63, 3.8) is 0 Å². The molecule has 0 saturated carbocycles. The van der Waals surface area contributed by atoms with Crippen molar-refractivity contribution in [3.8, 4) is 11.1 Å². The maximum atomic E-state index is 12.2. The number of amides is 1. The Hall–Kier alpha value is -3.39. The third-order valence-electron chi connectivity index (χ3n) is 4.67. The maximum absolute atomic E-state index is 12.2. The van der Waals surface area contributed by atoms with Crippen molar-refractivity contribution in [1.82, 2.24) is 5.32 Å². The molecule has 2 aromatic carbocycles. The fourth-order valence-electron chi connectivity index (χ4n) is 3.35. The summed E-state index contributed by atoms with van der Waals surface area (Å²) in [5.74, 6) is -2.23. The van der Waals surface area contributed by atoms with Gasteiger partial charge in [-0.2, -0.15) is 4.89 Å². The summed E-state index contributed by atoms with van der Waals surface area (Å²) in [6.45, 7) is 2.51. The van der Waals surface area contributed by atoms with E-state index in [0.717, 1.165) is 29.2 Å². The van der Waals surface area contributed by atoms with Crippen LogP contribution in [0, 0.1) is 0 Å². The van der Waals surface area contributed by atoms with Gasteiger partial charge in [-0.1, -0.05) is 48.5 Å². The van der Waals surface area contributed by atoms with Gasteiger partial charge >= 0.3 is 18.0 Å². The highest BCUT2D eigenvalue weighted by atomic mass is 17.2. The summed E-state index contributed by atoms with van der Waals surface area (Å²) in [7, 11) is 0. The largest absolute Gasteiger partial charge is 0.480 e. The van der Waals surface area contributed by atoms with E-state index in [9.17, 15) is 19.5 Å². The summed E-state index contributed by atoms with van der Waals surface area (Å²) in [6, 6.07) is 14.3. The molecule has 8 nitrogen and oxygen atoms in total. The second-order valence-corrected chi connectivity index (χ2v) is 6.66. The van der Waals surface area contributed by atoms with Crippen LogP contribution in [0.4, 0.5) is 4.79 Å². The Morgan fingerprint density at radius 1 is 1.03 bits per heavy atom. The van der Waals surface area contributed by atoms with Gasteiger partial charge in [0.15, 0.2) is 6.04 Å². The number of nitrogens with one attached hydrogen (secondary N) is 1. The van der Waals surface area contributed by atoms with E-state index in [1.165, 1.54) is 6.92 Å². The molecule has 152 valence electrons. The Balaban J connectivity index is 1.66. The normalized spacial score (nSPS) is 14.3. The zero-order valence-corrected chi connectivity index (χ0v) is 16.0. The van der Waals surface area contributed by atoms with Gasteiger partial charge in [-0.3, -0.25) is 4.89 Å². The van der Waals surface area contributed by atoms with Crippen molar-refractivity contribution in [2.75, 3.05) is 6.61 Å². The minimum atomic E-state index is -1.45. The third kappa shape index (κ3) is 4.55. The Morgan fingerprint density at radius 2 is 1.59 bits per heavy atom. The average Bonchev–Trinajstić information content (AvgIpc) is 3.02. The molecular weight excluding hydrogens is 378 g/mol. The van der Waals surface area contributed by atoms with Crippen molar-refractivity contribution in [1.29, 1.82) is 0 Å². The fourth-order valence-corrected chi connectivity index (χ4v) is 3.35. The van der Waals surface area contributed by atoms with Crippen LogP contribution < -0.4 is 5.32 Å². The lowest BCUT2D eigenvalue weighted by Gasteiger charge is -2.20. The number of ether oxygens (including phenoxy) is 1. The van der Waals surface area contributed by atoms with Gasteiger partial charge in [-0.15, -0.1) is 0 Å². The lowest BCUT2D eigenvalue weighted by Crippen LogP contribution is -2.49. The van der Waals surface area contributed by atoms with Crippen molar-refractivity contribution in [3.05, 3.63) is 59.7 Å². The second kappa shape index (κ2) is 8.74. The number of carbonyl (C=O) groups is 3. The van der Waals surface area contributed by atoms with Gasteiger partial charge in [0, 0.05) is 12.8 Å². The van der Waals surface area contributed by atoms with E-state index < -0.39 is 30.2 Å². The van der Waals surface area contributed by atoms with E-state index in [1.54, 1.807) is 0 Å². The standard InChI is InChI=1S/C21H21NO7/c1-12(28-29-13(2)23)19(20(24)25)22-21(26)27-11-18-16-9-5-3-7-14(16)15-8-4-6-10-17(15)18/h3-10,12,18-19H,11H2,1-2H3,(H,22,26)(H,24,25)/t12-,19+/m1/s1. The van der Waals surface area contributed by atoms with Gasteiger partial charge in [0.25, 0.3) is 0 Å². The topological polar surface area (TPSA) is 111 Å². The quantitative estimate of drug-likeness (QED) is 0.544. The van der Waals surface area contributed by atoms with Crippen molar-refractivity contribution in [2.45, 2.75) is 31.9 Å². The lowest BCUT2D eigenvalue weighted by atomic mass is 9.98. The molecule has 2 atom stereocenters. The predicted molar refractivity (Wildman–Crippen MR) is 102 cm³/mol. The van der Waals surface area contributed by atoms with Gasteiger partial charge in [0.1, 0.15) is 12.7 Å². The van der Waals surface area contributed by atoms with E-state index in [1.807, 2.05) is 48.5 Å². The summed E-state index contributed by atoms with van der Waals surface area (Å²) in [4.78, 5) is 43.5. The van der Waals surface area contributed by atoms with Gasteiger partial charge < -0.3 is 15.2 Å². The molecule has 8 heteroatoms. The number of benzene rings is 2. The molecule has 0 fully saturated rings. The van der Waals surface area contributed by atoms with Gasteiger partial charge in [0.2, 0.25) is 0 Å². The first kappa shape index (κ1) is 20.3. The van der Waals surface area contributed by atoms with Crippen molar-refractivity contribution >= 4 is 18.0 Å². The first-order valence-electron chi connectivity index (χ1n) is 9.06. The molecule has 29 heavy (non-hydrogen) atoms. The molecule has 1 amide bonds. The predicted octanol–water partition coefficient (Wildman–Crippen LogP) is 2.86. The monoisotopic (exact) mass is 399 g/mol. The van der Waals surface area contributed by atoms with Crippen LogP contribution in [0.5, 0.6) is 0 Å². The Morgan fingerprint density at radius 3 is 2.10 bits per heavy atom. The number of hydrogen-bond acceptors (Lipinski definition) is 6. The van der Waals surface area contributed by atoms with Gasteiger partial charge in [0.05, 0.1) is 0 Å². The summed E-state index contributed by atoms with van der Waals surface area (Å²) < 4.78 is 5.32. The van der Waals surface area contributed by atoms with E-state index >= 15 is 0 Å². The number of hydrogen-bond donors (Lipinski definition) is 2. The third-order valence-corrected chi connectivity index (χ3v) is 4.67. The van der Waals surface area contributed by atoms with Crippen LogP contribution in [0.15, 0.2) is 48.5 Å². The minimum Gasteiger partial charge on any atom is -0.480 e. The zero-order chi connectivity index (χ0) is 21.0. The number of carboxylic acid groups (broad SMARTS) is 1. The Bertz CT molecular complexity index is 881. The zero-order valence-electron chi connectivity index (χ0n) is 16.0. The molecule has 0 aliphatic heterocycles. The second-order valence-electron chi connectivity index (χ2n) is 6.66. The Labute approximate surface area is 167 Å². The highest BCUT2D eigenvalue weighted by Crippen LogP contribution is 2.44. The van der Waals surface area contributed by atoms with E-state index in [0.29, 0.717) is 0 Å². The molecule has 2 N–H and O–H groups in total. The molecule has 2 aromatic rings. The van der Waals surface area contributed by atoms with Crippen LogP contribution in [0.1, 0.15) is 30.9 Å². The summed E-state index contributed by atoms with van der Waals surface area (Å²) in [5.41, 5.74) is 4.26. The molecule has 0 bridgehead atoms. The minimum absolute atomic E-state index is 0.0470. The van der Waals surface area contributed by atoms with Gasteiger partial charge in [-0.05, 0) is 29.2 Å². The molecule has 0 aromatic heterocycles. The number of carboxylic acids is 1. The van der Waals surface area contributed by atoms with Crippen LogP contribution in [0.25, 0.3) is 11.1 Å². The summed E-state index contributed by atoms with van der Waals surface area (Å²) in [6.07, 6.45) is -2.02. The van der Waals surface area contributed by atoms with Crippen LogP contribution in [-0.4, -0.2) is 41.9 Å². The first-order valence-corrected chi connectivity index (χ1v) is 9.06. The van der Waals surface area contributed by atoms with Crippen LogP contribution >= 0.6 is 0 Å². The number of alkyl carbamates (subject to hydrolysis) is 1. The molecule has 0 unspecified atom stereocenters. The van der Waals surface area contributed by atoms with Crippen LogP contribution in [0.3, 0.4) is 0 Å². The van der Waals surface area contributed by atoms with Gasteiger partial charge in [-0.25, -0.2) is 14.4 Å². The summed E-state index contributed by atoms with van der Waals surface area (Å²) in [5, 5.41) is 11.5. The first-order chi connectivity index (χ1) is 13.9. The Kier molecular flexibility index (Phi) is 6.13. The van der Waals surface area contributed by atoms with Crippen molar-refractivity contribution in [2.24, 2.45) is 0 Å². The smallest absolute Gasteiger partial charge is 0.407 e. The van der Waals surface area contributed by atoms with E-state index in [4.69, 9.17) is 9.62 Å². The molecule has 0 radical (unpaired) electrons. The molecule has 0 saturated heterocycles. The highest BCUT2D eigenvalue weighted by Gasteiger charge is 2.32. The fraction of sp³-hybridized carbons (Fsp3) is 0.286. The number of rotatable bonds is 7. The molecule has 1 aliphatic carbocycles. The van der Waals surface area contributed by atoms with Crippen LogP contribution in [-0.2, 0) is 24.1 Å². The lowest BCUT2D eigenvalue weighted by molar-refractivity contribution is -0.296. The number of aliphatic carboxylic acids is 1. The van der Waals surface area contributed by atoms with E-state index in [2.05, 4.69) is 10.2 Å². The SMILES string of the molecule is CC(=O)OO[C@H](C)[C@H](NC(=O)OCC1c2ccccc2-c2ccccc21)C(=O)O. The summed E-state index contributed by atoms with van der Waals surface area (Å²) >= 11 is 0. The molecule has 0 spiro atoms. The van der Waals surface area contributed by atoms with Crippen molar-refractivity contribution < 1.29 is 34.0 Å². The molecule has 0 heterocycles. The molecule has 3 rings (SSSR count). The molecular formula is C21H21NO7. The van der Waals surface area contributed by atoms with Crippen LogP contribution in [0.2, 0.25) is 0 Å². The number of fused-ring (bicyclic) bond motifs is 3. The van der Waals surface area contributed by atoms with E-state index in [-0.39, 0.29) is 12.5 Å². The highest BCUT2D eigenvalue weighted by molar-refractivity contribution is 5.81. The average molecular weight is 399 g/mol. The molecule has 1 aliphatic rings. The maximum Gasteiger partial charge on any atom is 0.407 e.